The molecule has 3 aliphatic heterocycles. The fourth-order valence-corrected chi connectivity index (χ4v) is 10.9. The van der Waals surface area contributed by atoms with Gasteiger partial charge in [-0.2, -0.15) is 0 Å². The van der Waals surface area contributed by atoms with Gasteiger partial charge in [-0.1, -0.05) is 49.0 Å². The van der Waals surface area contributed by atoms with Crippen LogP contribution in [0.3, 0.4) is 0 Å². The zero-order valence-electron chi connectivity index (χ0n) is 50.8. The van der Waals surface area contributed by atoms with Gasteiger partial charge in [0.1, 0.15) is 46.9 Å². The van der Waals surface area contributed by atoms with E-state index in [1.807, 2.05) is 46.4 Å². The smallest absolute Gasteiger partial charge is 0.410 e. The van der Waals surface area contributed by atoms with Crippen molar-refractivity contribution in [2.24, 2.45) is 28.6 Å². The molecular weight excluding hydrogens is 1080 g/mol. The third-order valence-electron chi connectivity index (χ3n) is 15.5. The van der Waals surface area contributed by atoms with Crippen molar-refractivity contribution in [2.45, 2.75) is 184 Å². The molecule has 0 aromatic heterocycles. The minimum atomic E-state index is -1.04. The van der Waals surface area contributed by atoms with Crippen LogP contribution in [0.2, 0.25) is 0 Å². The van der Waals surface area contributed by atoms with Crippen LogP contribution in [-0.2, 0) is 28.7 Å². The number of fused-ring (bicyclic) bond motifs is 2. The van der Waals surface area contributed by atoms with Gasteiger partial charge in [0, 0.05) is 70.8 Å². The fraction of sp³-hybridized carbons (Fsp3) is 0.683. The van der Waals surface area contributed by atoms with Crippen LogP contribution in [0.25, 0.3) is 0 Å². The van der Waals surface area contributed by atoms with Crippen molar-refractivity contribution >= 4 is 41.8 Å². The highest BCUT2D eigenvalue weighted by molar-refractivity contribution is 5.93. The number of urea groups is 1. The van der Waals surface area contributed by atoms with E-state index in [4.69, 9.17) is 18.9 Å². The van der Waals surface area contributed by atoms with Gasteiger partial charge in [-0.15, -0.1) is 0 Å². The first kappa shape index (κ1) is 68.9. The fourth-order valence-electron chi connectivity index (χ4n) is 10.9. The zero-order valence-corrected chi connectivity index (χ0v) is 50.8. The Labute approximate surface area is 488 Å². The van der Waals surface area contributed by atoms with E-state index >= 15 is 0 Å². The summed E-state index contributed by atoms with van der Waals surface area (Å²) in [5.74, 6) is -5.00. The number of nitrogens with zero attached hydrogens (tertiary/aromatic N) is 5. The third-order valence-corrected chi connectivity index (χ3v) is 15.5. The van der Waals surface area contributed by atoms with Crippen LogP contribution in [0.5, 0.6) is 11.5 Å². The lowest BCUT2D eigenvalue weighted by atomic mass is 9.85. The van der Waals surface area contributed by atoms with Crippen molar-refractivity contribution in [1.82, 2.24) is 40.4 Å². The van der Waals surface area contributed by atoms with E-state index in [1.165, 1.54) is 43.1 Å². The average Bonchev–Trinajstić information content (AvgIpc) is 2.44. The lowest BCUT2D eigenvalue weighted by Crippen LogP contribution is -2.60. The molecule has 6 rings (SSSR count). The highest BCUT2D eigenvalue weighted by Crippen LogP contribution is 2.43. The molecule has 2 aromatic carbocycles. The number of benzene rings is 2. The predicted molar refractivity (Wildman–Crippen MR) is 305 cm³/mol. The molecule has 0 spiro atoms. The van der Waals surface area contributed by atoms with Gasteiger partial charge in [-0.05, 0) is 122 Å². The monoisotopic (exact) mass is 1180 g/mol. The number of ether oxygens (including phenoxy) is 4. The van der Waals surface area contributed by atoms with Crippen LogP contribution in [0.15, 0.2) is 36.4 Å². The number of hydrogen-bond acceptors (Lipinski definition) is 11. The van der Waals surface area contributed by atoms with Crippen molar-refractivity contribution in [3.63, 3.8) is 0 Å². The number of carbonyl (C=O) groups is 7. The van der Waals surface area contributed by atoms with Crippen molar-refractivity contribution < 1.29 is 70.1 Å². The predicted octanol–water partition coefficient (Wildman–Crippen LogP) is 8.76. The maximum atomic E-state index is 14.2. The minimum Gasteiger partial charge on any atom is -0.493 e. The molecule has 4 aliphatic rings. The molecule has 8 amide bonds. The number of hydrogen-bond donors (Lipinski definition) is 3. The van der Waals surface area contributed by atoms with Crippen molar-refractivity contribution in [3.05, 3.63) is 59.7 Å². The Morgan fingerprint density at radius 1 is 0.578 bits per heavy atom. The molecule has 1 aliphatic carbocycles. The van der Waals surface area contributed by atoms with Crippen molar-refractivity contribution in [1.29, 1.82) is 0 Å². The number of carbonyl (C=O) groups excluding carboxylic acids is 7. The van der Waals surface area contributed by atoms with Gasteiger partial charge in [0.25, 0.3) is 0 Å². The Morgan fingerprint density at radius 3 is 1.39 bits per heavy atom. The molecule has 466 valence electrons. The lowest BCUT2D eigenvalue weighted by Gasteiger charge is -2.38. The van der Waals surface area contributed by atoms with E-state index in [9.17, 15) is 51.1 Å². The summed E-state index contributed by atoms with van der Waals surface area (Å²) in [5.41, 5.74) is -2.74. The van der Waals surface area contributed by atoms with Gasteiger partial charge in [-0.25, -0.2) is 31.9 Å². The Balaban J connectivity index is 0.000000354. The average molecular weight is 1180 g/mol. The second kappa shape index (κ2) is 27.4. The van der Waals surface area contributed by atoms with Crippen LogP contribution in [0, 0.1) is 51.9 Å². The van der Waals surface area contributed by atoms with Gasteiger partial charge >= 0.3 is 18.2 Å². The second-order valence-corrected chi connectivity index (χ2v) is 26.2. The molecule has 10 atom stereocenters. The number of likely N-dealkylation sites (N-methyl/N-ethyl adjacent to an activating group) is 2. The third kappa shape index (κ3) is 17.5. The summed E-state index contributed by atoms with van der Waals surface area (Å²) < 4.78 is 76.5. The van der Waals surface area contributed by atoms with Crippen LogP contribution >= 0.6 is 0 Å². The summed E-state index contributed by atoms with van der Waals surface area (Å²) in [4.78, 5) is 100. The molecule has 3 N–H and O–H groups in total. The molecule has 0 radical (unpaired) electrons. The highest BCUT2D eigenvalue weighted by atomic mass is 19.2. The molecule has 23 heteroatoms. The molecule has 3 heterocycles. The Hall–Kier alpha value is -6.55. The largest absolute Gasteiger partial charge is 0.493 e. The van der Waals surface area contributed by atoms with Crippen LogP contribution in [0.1, 0.15) is 130 Å². The summed E-state index contributed by atoms with van der Waals surface area (Å²) in [6.07, 6.45) is 1.90. The molecule has 3 saturated heterocycles. The molecular formula is C60H92F4N8O11. The van der Waals surface area contributed by atoms with Gasteiger partial charge < -0.3 is 49.6 Å². The number of halogens is 4. The summed E-state index contributed by atoms with van der Waals surface area (Å²) in [5, 5.41) is 8.41. The van der Waals surface area contributed by atoms with E-state index in [1.54, 1.807) is 65.2 Å². The zero-order chi connectivity index (χ0) is 61.7. The SMILES string of the molecule is C.CNC(=O)N1C[C@H](COc2ccc(F)c(F)c2)[C@@H]2[C@H]1CCN2C(=O)[C@@H](NC(=O)[C@H](C)N(C)C(=O)OC(C)(C)C)C(C)(C)C.C[C@@H](C(=O)N[C@H](C(=O)N1CC[C@H]2CC[C@H](COc3ccc(F)c(F)c3)[C@H]21)C(C)(C)C)N(C)C(=O)OC(C)(C)C. The molecule has 4 fully saturated rings. The standard InChI is InChI=1S/C30H45F2N5O6.C29H43F2N3O5.CH4/c1-17(35(9)28(41)43-30(5,6)7)25(38)34-24(29(2,3)4)26(39)36-13-12-22-23(36)18(15-37(22)27(40)33-8)16-42-19-10-11-20(31)21(32)14-19;1-17(33(8)27(37)39-29(5,6)7)25(35)32-24(28(2,3)4)26(36)34-14-13-18-9-10-19(23(18)34)16-38-20-11-12-21(30)22(31)15-20;/h10-11,14,17-18,22-24H,12-13,15-16H2,1-9H3,(H,33,40)(H,34,38);11-12,15,17-19,23-24H,9-10,13-14,16H2,1-8H3,(H,32,35);1H4/t17-,18+,22+,23+,24+;17-,18+,19+,23-,24+;/m00./s1. The Morgan fingerprint density at radius 2 is 0.988 bits per heavy atom. The quantitative estimate of drug-likeness (QED) is 0.152. The van der Waals surface area contributed by atoms with Gasteiger partial charge in [-0.3, -0.25) is 29.0 Å². The first-order chi connectivity index (χ1) is 37.8. The van der Waals surface area contributed by atoms with E-state index < -0.39 is 99.5 Å². The van der Waals surface area contributed by atoms with Gasteiger partial charge in [0.2, 0.25) is 23.6 Å². The van der Waals surface area contributed by atoms with Gasteiger partial charge in [0.15, 0.2) is 23.3 Å². The lowest BCUT2D eigenvalue weighted by molar-refractivity contribution is -0.142. The number of rotatable bonds is 14. The maximum absolute atomic E-state index is 14.2. The maximum Gasteiger partial charge on any atom is 0.410 e. The molecule has 1 saturated carbocycles. The number of nitrogens with one attached hydrogen (secondary N) is 3. The van der Waals surface area contributed by atoms with E-state index in [0.717, 1.165) is 43.5 Å². The second-order valence-electron chi connectivity index (χ2n) is 26.2. The topological polar surface area (TPSA) is 209 Å². The van der Waals surface area contributed by atoms with E-state index in [0.29, 0.717) is 25.4 Å². The Kier molecular flexibility index (Phi) is 22.8. The first-order valence-electron chi connectivity index (χ1n) is 28.1. The summed E-state index contributed by atoms with van der Waals surface area (Å²) in [7, 11) is 4.48. The van der Waals surface area contributed by atoms with Crippen molar-refractivity contribution in [2.75, 3.05) is 54.0 Å². The molecule has 2 aromatic rings. The Bertz CT molecular complexity index is 2640. The molecule has 83 heavy (non-hydrogen) atoms. The first-order valence-corrected chi connectivity index (χ1v) is 28.1. The highest BCUT2D eigenvalue weighted by Gasteiger charge is 2.54. The van der Waals surface area contributed by atoms with Crippen LogP contribution in [-0.4, -0.2) is 174 Å². The number of likely N-dealkylation sites (tertiary alicyclic amines) is 3. The van der Waals surface area contributed by atoms with Crippen LogP contribution < -0.4 is 25.4 Å². The molecule has 19 nitrogen and oxygen atoms in total. The van der Waals surface area contributed by atoms with Gasteiger partial charge in [0.05, 0.1) is 25.3 Å². The van der Waals surface area contributed by atoms with E-state index in [-0.39, 0.29) is 80.4 Å². The van der Waals surface area contributed by atoms with E-state index in [2.05, 4.69) is 16.0 Å². The van der Waals surface area contributed by atoms with Crippen molar-refractivity contribution in [3.8, 4) is 11.5 Å². The number of amides is 8. The minimum absolute atomic E-state index is 0. The summed E-state index contributed by atoms with van der Waals surface area (Å²) in [6.45, 7) is 26.3. The molecule has 0 unspecified atom stereocenters. The van der Waals surface area contributed by atoms with Crippen LogP contribution in [0.4, 0.5) is 31.9 Å². The summed E-state index contributed by atoms with van der Waals surface area (Å²) >= 11 is 0. The normalized spacial score (nSPS) is 21.8. The summed E-state index contributed by atoms with van der Waals surface area (Å²) in [6, 6.07) is 2.08. The molecule has 0 bridgehead atoms.